The van der Waals surface area contributed by atoms with Gasteiger partial charge in [0.05, 0.1) is 0 Å². The minimum absolute atomic E-state index is 0.870. The molecule has 0 saturated carbocycles. The SMILES string of the molecule is BrCc1ccc2oc(-c3ccccc3)cc2c1. The van der Waals surface area contributed by atoms with Gasteiger partial charge in [-0.05, 0) is 23.8 Å². The molecule has 0 aliphatic heterocycles. The molecule has 3 rings (SSSR count). The Morgan fingerprint density at radius 1 is 0.941 bits per heavy atom. The first-order valence-electron chi connectivity index (χ1n) is 5.51. The molecule has 0 unspecified atom stereocenters. The molecular weight excluding hydrogens is 276 g/mol. The molecule has 0 radical (unpaired) electrons. The summed E-state index contributed by atoms with van der Waals surface area (Å²) in [5.41, 5.74) is 3.32. The molecule has 1 aromatic heterocycles. The summed E-state index contributed by atoms with van der Waals surface area (Å²) in [6.07, 6.45) is 0. The first-order valence-corrected chi connectivity index (χ1v) is 6.63. The zero-order valence-corrected chi connectivity index (χ0v) is 10.8. The van der Waals surface area contributed by atoms with Crippen LogP contribution in [0.25, 0.3) is 22.3 Å². The molecule has 0 aliphatic rings. The number of benzene rings is 2. The Bertz CT molecular complexity index is 640. The van der Waals surface area contributed by atoms with Gasteiger partial charge in [0, 0.05) is 16.3 Å². The average Bonchev–Trinajstić information content (AvgIpc) is 2.82. The highest BCUT2D eigenvalue weighted by Crippen LogP contribution is 2.28. The quantitative estimate of drug-likeness (QED) is 0.605. The van der Waals surface area contributed by atoms with E-state index in [1.165, 1.54) is 5.56 Å². The molecule has 2 aromatic carbocycles. The van der Waals surface area contributed by atoms with E-state index in [1.54, 1.807) is 0 Å². The minimum atomic E-state index is 0.870. The zero-order chi connectivity index (χ0) is 11.7. The lowest BCUT2D eigenvalue weighted by molar-refractivity contribution is 0.631. The summed E-state index contributed by atoms with van der Waals surface area (Å²) in [6, 6.07) is 18.5. The Morgan fingerprint density at radius 2 is 1.76 bits per heavy atom. The summed E-state index contributed by atoms with van der Waals surface area (Å²) in [5, 5.41) is 2.02. The third kappa shape index (κ3) is 2.01. The first kappa shape index (κ1) is 10.6. The van der Waals surface area contributed by atoms with Crippen LogP contribution in [-0.2, 0) is 5.33 Å². The minimum Gasteiger partial charge on any atom is -0.456 e. The van der Waals surface area contributed by atoms with Crippen molar-refractivity contribution in [2.45, 2.75) is 5.33 Å². The zero-order valence-electron chi connectivity index (χ0n) is 9.19. The summed E-state index contributed by atoms with van der Waals surface area (Å²) in [4.78, 5) is 0. The number of alkyl halides is 1. The van der Waals surface area contributed by atoms with Gasteiger partial charge in [0.1, 0.15) is 11.3 Å². The fraction of sp³-hybridized carbons (Fsp3) is 0.0667. The van der Waals surface area contributed by atoms with E-state index < -0.39 is 0 Å². The second-order valence-electron chi connectivity index (χ2n) is 3.98. The topological polar surface area (TPSA) is 13.1 Å². The van der Waals surface area contributed by atoms with E-state index in [9.17, 15) is 0 Å². The molecule has 3 aromatic rings. The Balaban J connectivity index is 2.14. The highest BCUT2D eigenvalue weighted by atomic mass is 79.9. The van der Waals surface area contributed by atoms with Crippen LogP contribution >= 0.6 is 15.9 Å². The maximum absolute atomic E-state index is 5.84. The molecule has 1 nitrogen and oxygen atoms in total. The number of hydrogen-bond acceptors (Lipinski definition) is 1. The Kier molecular flexibility index (Phi) is 2.73. The normalized spacial score (nSPS) is 10.9. The average molecular weight is 287 g/mol. The molecule has 0 fully saturated rings. The number of rotatable bonds is 2. The monoisotopic (exact) mass is 286 g/mol. The van der Waals surface area contributed by atoms with Crippen LogP contribution in [0.15, 0.2) is 59.0 Å². The summed E-state index contributed by atoms with van der Waals surface area (Å²) in [7, 11) is 0. The fourth-order valence-corrected chi connectivity index (χ4v) is 2.27. The molecule has 1 heterocycles. The van der Waals surface area contributed by atoms with Gasteiger partial charge in [0.2, 0.25) is 0 Å². The van der Waals surface area contributed by atoms with Gasteiger partial charge in [0.15, 0.2) is 0 Å². The predicted molar refractivity (Wildman–Crippen MR) is 74.3 cm³/mol. The molecule has 0 saturated heterocycles. The smallest absolute Gasteiger partial charge is 0.135 e. The van der Waals surface area contributed by atoms with E-state index >= 15 is 0 Å². The molecule has 17 heavy (non-hydrogen) atoms. The van der Waals surface area contributed by atoms with Crippen LogP contribution in [0.2, 0.25) is 0 Å². The standard InChI is InChI=1S/C15H11BrO/c16-10-11-6-7-14-13(8-11)9-15(17-14)12-4-2-1-3-5-12/h1-9H,10H2. The molecule has 0 N–H and O–H groups in total. The third-order valence-corrected chi connectivity index (χ3v) is 3.44. The van der Waals surface area contributed by atoms with Crippen molar-refractivity contribution in [3.63, 3.8) is 0 Å². The predicted octanol–water partition coefficient (Wildman–Crippen LogP) is 4.99. The van der Waals surface area contributed by atoms with E-state index in [1.807, 2.05) is 24.3 Å². The number of fused-ring (bicyclic) bond motifs is 1. The molecule has 0 spiro atoms. The van der Waals surface area contributed by atoms with Gasteiger partial charge in [-0.1, -0.05) is 52.3 Å². The van der Waals surface area contributed by atoms with Crippen molar-refractivity contribution < 1.29 is 4.42 Å². The van der Waals surface area contributed by atoms with Crippen molar-refractivity contribution in [2.75, 3.05) is 0 Å². The largest absolute Gasteiger partial charge is 0.456 e. The van der Waals surface area contributed by atoms with Gasteiger partial charge in [-0.3, -0.25) is 0 Å². The Morgan fingerprint density at radius 3 is 2.53 bits per heavy atom. The number of hydrogen-bond donors (Lipinski definition) is 0. The first-order chi connectivity index (χ1) is 8.36. The van der Waals surface area contributed by atoms with E-state index in [4.69, 9.17) is 4.42 Å². The van der Waals surface area contributed by atoms with Crippen molar-refractivity contribution in [3.05, 3.63) is 60.2 Å². The van der Waals surface area contributed by atoms with Crippen molar-refractivity contribution in [2.24, 2.45) is 0 Å². The van der Waals surface area contributed by atoms with Gasteiger partial charge in [-0.15, -0.1) is 0 Å². The van der Waals surface area contributed by atoms with Crippen molar-refractivity contribution >= 4 is 26.9 Å². The lowest BCUT2D eigenvalue weighted by Gasteiger charge is -1.94. The maximum Gasteiger partial charge on any atom is 0.135 e. The van der Waals surface area contributed by atoms with Gasteiger partial charge in [-0.2, -0.15) is 0 Å². The lowest BCUT2D eigenvalue weighted by Crippen LogP contribution is -1.73. The fourth-order valence-electron chi connectivity index (χ4n) is 1.92. The highest BCUT2D eigenvalue weighted by molar-refractivity contribution is 9.08. The van der Waals surface area contributed by atoms with E-state index in [-0.39, 0.29) is 0 Å². The highest BCUT2D eigenvalue weighted by Gasteiger charge is 2.05. The lowest BCUT2D eigenvalue weighted by atomic mass is 10.1. The molecule has 0 amide bonds. The van der Waals surface area contributed by atoms with Crippen molar-refractivity contribution in [3.8, 4) is 11.3 Å². The number of furan rings is 1. The summed E-state index contributed by atoms with van der Waals surface area (Å²) in [6.45, 7) is 0. The van der Waals surface area contributed by atoms with Crippen LogP contribution in [-0.4, -0.2) is 0 Å². The molecular formula is C15H11BrO. The summed E-state index contributed by atoms with van der Waals surface area (Å²) < 4.78 is 5.84. The van der Waals surface area contributed by atoms with Crippen LogP contribution in [0.3, 0.4) is 0 Å². The van der Waals surface area contributed by atoms with E-state index in [2.05, 4.69) is 46.3 Å². The Hall–Kier alpha value is -1.54. The van der Waals surface area contributed by atoms with E-state index in [0.29, 0.717) is 0 Å². The third-order valence-electron chi connectivity index (χ3n) is 2.79. The summed E-state index contributed by atoms with van der Waals surface area (Å²) >= 11 is 3.46. The van der Waals surface area contributed by atoms with Crippen molar-refractivity contribution in [1.29, 1.82) is 0 Å². The maximum atomic E-state index is 5.84. The van der Waals surface area contributed by atoms with Crippen molar-refractivity contribution in [1.82, 2.24) is 0 Å². The van der Waals surface area contributed by atoms with Gasteiger partial charge < -0.3 is 4.42 Å². The van der Waals surface area contributed by atoms with Gasteiger partial charge >= 0.3 is 0 Å². The van der Waals surface area contributed by atoms with Crippen LogP contribution in [0, 0.1) is 0 Å². The molecule has 0 bridgehead atoms. The van der Waals surface area contributed by atoms with Crippen LogP contribution in [0.1, 0.15) is 5.56 Å². The van der Waals surface area contributed by atoms with Gasteiger partial charge in [-0.25, -0.2) is 0 Å². The van der Waals surface area contributed by atoms with Gasteiger partial charge in [0.25, 0.3) is 0 Å². The summed E-state index contributed by atoms with van der Waals surface area (Å²) in [5.74, 6) is 0.923. The Labute approximate surface area is 108 Å². The second-order valence-corrected chi connectivity index (χ2v) is 4.54. The molecule has 2 heteroatoms. The molecule has 0 aliphatic carbocycles. The van der Waals surface area contributed by atoms with E-state index in [0.717, 1.165) is 27.6 Å². The molecule has 84 valence electrons. The van der Waals surface area contributed by atoms with Crippen LogP contribution in [0.4, 0.5) is 0 Å². The second kappa shape index (κ2) is 4.38. The van der Waals surface area contributed by atoms with Crippen LogP contribution in [0.5, 0.6) is 0 Å². The van der Waals surface area contributed by atoms with Crippen LogP contribution < -0.4 is 0 Å². The molecule has 0 atom stereocenters. The number of halogens is 1.